The van der Waals surface area contributed by atoms with Crippen LogP contribution in [0.5, 0.6) is 0 Å². The highest BCUT2D eigenvalue weighted by molar-refractivity contribution is 6.34. The molecule has 0 N–H and O–H groups in total. The summed E-state index contributed by atoms with van der Waals surface area (Å²) in [6, 6.07) is 56.8. The Morgan fingerprint density at radius 1 is 0.380 bits per heavy atom. The predicted molar refractivity (Wildman–Crippen MR) is 209 cm³/mol. The van der Waals surface area contributed by atoms with Crippen LogP contribution in [0.4, 0.5) is 0 Å². The van der Waals surface area contributed by atoms with Crippen molar-refractivity contribution in [2.45, 2.75) is 0 Å². The normalized spacial score (nSPS) is 12.4. The second-order valence-electron chi connectivity index (χ2n) is 13.4. The molecular weight excluding hydrogens is 609 g/mol. The number of rotatable bonds is 2. The molecule has 0 unspecified atom stereocenters. The number of hydrogen-bond donors (Lipinski definition) is 0. The molecule has 0 saturated carbocycles. The highest BCUT2D eigenvalue weighted by Crippen LogP contribution is 2.47. The fourth-order valence-corrected chi connectivity index (χ4v) is 8.67. The molecule has 12 rings (SSSR count). The van der Waals surface area contributed by atoms with Gasteiger partial charge in [-0.3, -0.25) is 4.57 Å². The number of hydrogen-bond acceptors (Lipinski definition) is 2. The minimum absolute atomic E-state index is 0.673. The molecule has 0 aliphatic heterocycles. The Hall–Kier alpha value is -6.78. The second-order valence-corrected chi connectivity index (χ2v) is 13.4. The molecule has 0 fully saturated rings. The molecule has 4 nitrogen and oxygen atoms in total. The van der Waals surface area contributed by atoms with Crippen molar-refractivity contribution in [2.24, 2.45) is 0 Å². The first-order chi connectivity index (χ1) is 24.8. The van der Waals surface area contributed by atoms with Crippen LogP contribution in [0.25, 0.3) is 110 Å². The van der Waals surface area contributed by atoms with Gasteiger partial charge in [0.15, 0.2) is 0 Å². The first kappa shape index (κ1) is 26.2. The van der Waals surface area contributed by atoms with Crippen molar-refractivity contribution in [3.8, 4) is 17.2 Å². The minimum Gasteiger partial charge on any atom is -0.308 e. The highest BCUT2D eigenvalue weighted by atomic mass is 15.2. The van der Waals surface area contributed by atoms with Crippen molar-refractivity contribution in [3.05, 3.63) is 158 Å². The van der Waals surface area contributed by atoms with Gasteiger partial charge in [-0.15, -0.1) is 0 Å². The van der Waals surface area contributed by atoms with Crippen LogP contribution in [0, 0.1) is 0 Å². The van der Waals surface area contributed by atoms with E-state index in [2.05, 4.69) is 167 Å². The van der Waals surface area contributed by atoms with Crippen molar-refractivity contribution in [1.29, 1.82) is 0 Å². The summed E-state index contributed by atoms with van der Waals surface area (Å²) in [4.78, 5) is 11.0. The van der Waals surface area contributed by atoms with E-state index in [0.29, 0.717) is 5.95 Å². The number of fused-ring (bicyclic) bond motifs is 14. The van der Waals surface area contributed by atoms with Gasteiger partial charge in [0.2, 0.25) is 5.95 Å². The molecular formula is C46H26N4. The molecule has 4 heteroatoms. The Morgan fingerprint density at radius 3 is 1.88 bits per heavy atom. The molecule has 0 saturated heterocycles. The number of benzene rings is 8. The van der Waals surface area contributed by atoms with E-state index in [-0.39, 0.29) is 0 Å². The summed E-state index contributed by atoms with van der Waals surface area (Å²) in [5.74, 6) is 0.673. The standard InChI is InChI=1S/C46H26N4/c1-2-13-28(14-3-1)42-34-23-22-27-12-6-7-17-31(27)43(34)48-46(47-42)50-38-20-10-8-18-32(38)36-26-37-35-24-29-15-4-5-16-30(29)25-40(35)49-39-21-11-9-19-33(39)41(44(37)49)45(36)50/h1-26H. The van der Waals surface area contributed by atoms with Gasteiger partial charge in [-0.05, 0) is 52.6 Å². The molecule has 4 aromatic heterocycles. The van der Waals surface area contributed by atoms with Crippen molar-refractivity contribution in [2.75, 3.05) is 0 Å². The van der Waals surface area contributed by atoms with Crippen LogP contribution in [-0.2, 0) is 0 Å². The van der Waals surface area contributed by atoms with Crippen LogP contribution in [0.2, 0.25) is 0 Å². The third kappa shape index (κ3) is 3.30. The van der Waals surface area contributed by atoms with Crippen molar-refractivity contribution < 1.29 is 0 Å². The van der Waals surface area contributed by atoms with Gasteiger partial charge in [-0.2, -0.15) is 0 Å². The van der Waals surface area contributed by atoms with Crippen molar-refractivity contribution in [3.63, 3.8) is 0 Å². The molecule has 0 radical (unpaired) electrons. The Morgan fingerprint density at radius 2 is 1.04 bits per heavy atom. The first-order valence-corrected chi connectivity index (χ1v) is 17.1. The molecule has 230 valence electrons. The molecule has 0 aliphatic rings. The lowest BCUT2D eigenvalue weighted by Crippen LogP contribution is -2.04. The Labute approximate surface area is 285 Å². The lowest BCUT2D eigenvalue weighted by Gasteiger charge is -2.13. The predicted octanol–water partition coefficient (Wildman–Crippen LogP) is 11.9. The first-order valence-electron chi connectivity index (χ1n) is 17.1. The van der Waals surface area contributed by atoms with Gasteiger partial charge in [0.1, 0.15) is 0 Å². The van der Waals surface area contributed by atoms with Crippen molar-refractivity contribution >= 4 is 92.3 Å². The van der Waals surface area contributed by atoms with Crippen LogP contribution >= 0.6 is 0 Å². The van der Waals surface area contributed by atoms with Gasteiger partial charge in [0.25, 0.3) is 0 Å². The zero-order valence-electron chi connectivity index (χ0n) is 26.8. The van der Waals surface area contributed by atoms with Gasteiger partial charge in [0, 0.05) is 48.7 Å². The molecule has 0 bridgehead atoms. The van der Waals surface area contributed by atoms with E-state index in [1.54, 1.807) is 0 Å². The average molecular weight is 635 g/mol. The lowest BCUT2D eigenvalue weighted by molar-refractivity contribution is 1.02. The zero-order chi connectivity index (χ0) is 32.5. The molecule has 50 heavy (non-hydrogen) atoms. The van der Waals surface area contributed by atoms with Gasteiger partial charge >= 0.3 is 0 Å². The van der Waals surface area contributed by atoms with E-state index in [1.807, 2.05) is 0 Å². The summed E-state index contributed by atoms with van der Waals surface area (Å²) in [7, 11) is 0. The van der Waals surface area contributed by atoms with Crippen LogP contribution in [0.3, 0.4) is 0 Å². The van der Waals surface area contributed by atoms with Crippen molar-refractivity contribution in [1.82, 2.24) is 18.9 Å². The summed E-state index contributed by atoms with van der Waals surface area (Å²) >= 11 is 0. The summed E-state index contributed by atoms with van der Waals surface area (Å²) in [5.41, 5.74) is 8.86. The fourth-order valence-electron chi connectivity index (χ4n) is 8.67. The fraction of sp³-hybridized carbons (Fsp3) is 0. The molecule has 12 aromatic rings. The maximum Gasteiger partial charge on any atom is 0.235 e. The van der Waals surface area contributed by atoms with E-state index in [0.717, 1.165) is 44.0 Å². The number of nitrogens with zero attached hydrogens (tertiary/aromatic N) is 4. The Kier molecular flexibility index (Phi) is 4.94. The summed E-state index contributed by atoms with van der Waals surface area (Å²) in [5, 5.41) is 13.2. The maximum absolute atomic E-state index is 5.49. The van der Waals surface area contributed by atoms with Crippen LogP contribution in [-0.4, -0.2) is 18.9 Å². The third-order valence-electron chi connectivity index (χ3n) is 10.8. The SMILES string of the molecule is c1ccc(-c2nc(-n3c4ccccc4c4cc5c6cc7ccccc7cc6n6c7ccccc7c(c43)c56)nc3c2ccc2ccccc23)cc1. The zero-order valence-corrected chi connectivity index (χ0v) is 26.8. The largest absolute Gasteiger partial charge is 0.308 e. The molecule has 0 aliphatic carbocycles. The number of para-hydroxylation sites is 2. The summed E-state index contributed by atoms with van der Waals surface area (Å²) in [6.07, 6.45) is 0. The van der Waals surface area contributed by atoms with E-state index < -0.39 is 0 Å². The summed E-state index contributed by atoms with van der Waals surface area (Å²) in [6.45, 7) is 0. The Balaban J connectivity index is 1.32. The second kappa shape index (κ2) is 9.43. The van der Waals surface area contributed by atoms with E-state index in [4.69, 9.17) is 9.97 Å². The summed E-state index contributed by atoms with van der Waals surface area (Å²) < 4.78 is 4.81. The van der Waals surface area contributed by atoms with Crippen LogP contribution in [0.1, 0.15) is 0 Å². The monoisotopic (exact) mass is 634 g/mol. The number of aromatic nitrogens is 4. The molecule has 4 heterocycles. The quantitative estimate of drug-likeness (QED) is 0.177. The van der Waals surface area contributed by atoms with Crippen LogP contribution < -0.4 is 0 Å². The van der Waals surface area contributed by atoms with Gasteiger partial charge in [-0.25, -0.2) is 9.97 Å². The Bertz CT molecular complexity index is 3370. The molecule has 8 aromatic carbocycles. The van der Waals surface area contributed by atoms with E-state index >= 15 is 0 Å². The van der Waals surface area contributed by atoms with Crippen LogP contribution in [0.15, 0.2) is 158 Å². The van der Waals surface area contributed by atoms with Gasteiger partial charge in [-0.1, -0.05) is 121 Å². The maximum atomic E-state index is 5.49. The molecule has 0 amide bonds. The molecule has 0 atom stereocenters. The third-order valence-corrected chi connectivity index (χ3v) is 10.8. The van der Waals surface area contributed by atoms with E-state index in [9.17, 15) is 0 Å². The minimum atomic E-state index is 0.673. The topological polar surface area (TPSA) is 35.1 Å². The highest BCUT2D eigenvalue weighted by Gasteiger charge is 2.26. The van der Waals surface area contributed by atoms with Gasteiger partial charge in [0.05, 0.1) is 38.8 Å². The lowest BCUT2D eigenvalue weighted by atomic mass is 10.0. The van der Waals surface area contributed by atoms with Gasteiger partial charge < -0.3 is 4.40 Å². The smallest absolute Gasteiger partial charge is 0.235 e. The molecule has 0 spiro atoms. The average Bonchev–Trinajstić information content (AvgIpc) is 3.81. The van der Waals surface area contributed by atoms with E-state index in [1.165, 1.54) is 59.6 Å².